The first kappa shape index (κ1) is 19.0. The van der Waals surface area contributed by atoms with Gasteiger partial charge in [0.15, 0.2) is 10.9 Å². The van der Waals surface area contributed by atoms with E-state index in [9.17, 15) is 22.8 Å². The van der Waals surface area contributed by atoms with E-state index in [1.165, 1.54) is 0 Å². The molecule has 0 saturated carbocycles. The van der Waals surface area contributed by atoms with Gasteiger partial charge in [-0.25, -0.2) is 4.98 Å². The lowest BCUT2D eigenvalue weighted by Gasteiger charge is -2.07. The van der Waals surface area contributed by atoms with E-state index in [1.807, 2.05) is 6.07 Å². The molecule has 3 heterocycles. The Morgan fingerprint density at radius 1 is 1.30 bits per heavy atom. The molecule has 0 aliphatic carbocycles. The van der Waals surface area contributed by atoms with E-state index < -0.39 is 17.3 Å². The minimum Gasteiger partial charge on any atom is -0.293 e. The molecule has 0 aliphatic rings. The summed E-state index contributed by atoms with van der Waals surface area (Å²) in [6.07, 6.45) is 0.514. The van der Waals surface area contributed by atoms with Crippen LogP contribution in [0, 0.1) is 6.92 Å². The number of alkyl halides is 3. The molecular formula is C18H14F3N3O2S. The van der Waals surface area contributed by atoms with E-state index in [2.05, 4.69) is 9.97 Å². The van der Waals surface area contributed by atoms with Crippen LogP contribution in [0.2, 0.25) is 0 Å². The predicted octanol–water partition coefficient (Wildman–Crippen LogP) is 3.83. The van der Waals surface area contributed by atoms with Crippen molar-refractivity contribution >= 4 is 17.1 Å². The summed E-state index contributed by atoms with van der Waals surface area (Å²) >= 11 is 0.989. The summed E-state index contributed by atoms with van der Waals surface area (Å²) in [5.41, 5.74) is -0.511. The summed E-state index contributed by atoms with van der Waals surface area (Å²) in [5.74, 6) is -0.139. The summed E-state index contributed by atoms with van der Waals surface area (Å²) < 4.78 is 39.1. The largest absolute Gasteiger partial charge is 0.416 e. The zero-order valence-corrected chi connectivity index (χ0v) is 15.0. The molecule has 0 aromatic carbocycles. The molecule has 3 aromatic rings. The number of carbonyl (C=O) groups is 1. The van der Waals surface area contributed by atoms with Crippen LogP contribution in [0.3, 0.4) is 0 Å². The first-order valence-electron chi connectivity index (χ1n) is 7.95. The number of aryl methyl sites for hydroxylation is 2. The Bertz CT molecular complexity index is 1030. The maximum absolute atomic E-state index is 12.7. The average molecular weight is 393 g/mol. The molecule has 0 saturated heterocycles. The van der Waals surface area contributed by atoms with E-state index in [-0.39, 0.29) is 17.3 Å². The van der Waals surface area contributed by atoms with Crippen molar-refractivity contribution in [2.45, 2.75) is 25.9 Å². The Balaban J connectivity index is 1.82. The van der Waals surface area contributed by atoms with Crippen LogP contribution in [0.25, 0.3) is 5.13 Å². The molecule has 27 heavy (non-hydrogen) atoms. The number of nitrogens with zero attached hydrogens (tertiary/aromatic N) is 3. The Labute approximate surface area is 156 Å². The van der Waals surface area contributed by atoms with E-state index in [4.69, 9.17) is 0 Å². The molecule has 0 bridgehead atoms. The standard InChI is InChI=1S/C18H14F3N3O2S/c1-11-16(14(25)5-4-12-3-2-7-22-10-12)27-17(23-11)24-8-6-13(9-15(24)26)18(19,20)21/h2-3,6-10H,4-5H2,1H3. The Kier molecular flexibility index (Phi) is 5.22. The van der Waals surface area contributed by atoms with E-state index in [1.54, 1.807) is 25.4 Å². The molecule has 9 heteroatoms. The van der Waals surface area contributed by atoms with Crippen LogP contribution in [0.1, 0.15) is 32.9 Å². The first-order chi connectivity index (χ1) is 12.8. The number of rotatable bonds is 5. The van der Waals surface area contributed by atoms with Crippen molar-refractivity contribution in [3.63, 3.8) is 0 Å². The molecule has 3 aromatic heterocycles. The number of ketones is 1. The van der Waals surface area contributed by atoms with Crippen molar-refractivity contribution in [2.75, 3.05) is 0 Å². The van der Waals surface area contributed by atoms with Gasteiger partial charge in [0.25, 0.3) is 5.56 Å². The van der Waals surface area contributed by atoms with Crippen LogP contribution in [-0.2, 0) is 12.6 Å². The molecule has 140 valence electrons. The fourth-order valence-corrected chi connectivity index (χ4v) is 3.50. The fourth-order valence-electron chi connectivity index (χ4n) is 2.47. The summed E-state index contributed by atoms with van der Waals surface area (Å²) in [5, 5.41) is 0.163. The first-order valence-corrected chi connectivity index (χ1v) is 8.77. The Morgan fingerprint density at radius 3 is 2.70 bits per heavy atom. The van der Waals surface area contributed by atoms with Crippen LogP contribution in [0.5, 0.6) is 0 Å². The van der Waals surface area contributed by atoms with Gasteiger partial charge in [0, 0.05) is 31.1 Å². The van der Waals surface area contributed by atoms with Crippen molar-refractivity contribution in [2.24, 2.45) is 0 Å². The van der Waals surface area contributed by atoms with Crippen molar-refractivity contribution in [1.29, 1.82) is 0 Å². The van der Waals surface area contributed by atoms with Gasteiger partial charge in [-0.15, -0.1) is 0 Å². The average Bonchev–Trinajstić information content (AvgIpc) is 3.01. The number of hydrogen-bond acceptors (Lipinski definition) is 5. The second-order valence-corrected chi connectivity index (χ2v) is 6.79. The molecule has 3 rings (SSSR count). The molecule has 0 aliphatic heterocycles. The highest BCUT2D eigenvalue weighted by molar-refractivity contribution is 7.16. The van der Waals surface area contributed by atoms with Gasteiger partial charge in [-0.3, -0.25) is 19.1 Å². The molecule has 0 radical (unpaired) electrons. The second kappa shape index (κ2) is 7.43. The third kappa shape index (κ3) is 4.30. The lowest BCUT2D eigenvalue weighted by molar-refractivity contribution is -0.137. The van der Waals surface area contributed by atoms with E-state index in [0.29, 0.717) is 23.1 Å². The maximum atomic E-state index is 12.7. The van der Waals surface area contributed by atoms with Crippen molar-refractivity contribution in [3.05, 3.63) is 74.9 Å². The van der Waals surface area contributed by atoms with Crippen LogP contribution < -0.4 is 5.56 Å². The zero-order valence-electron chi connectivity index (χ0n) is 14.2. The van der Waals surface area contributed by atoms with Crippen LogP contribution in [0.4, 0.5) is 13.2 Å². The van der Waals surface area contributed by atoms with Gasteiger partial charge in [-0.1, -0.05) is 17.4 Å². The number of hydrogen-bond donors (Lipinski definition) is 0. The Morgan fingerprint density at radius 2 is 2.07 bits per heavy atom. The van der Waals surface area contributed by atoms with Crippen LogP contribution in [-0.4, -0.2) is 20.3 Å². The highest BCUT2D eigenvalue weighted by atomic mass is 32.1. The minimum atomic E-state index is -4.59. The summed E-state index contributed by atoms with van der Waals surface area (Å²) in [6, 6.07) is 4.97. The minimum absolute atomic E-state index is 0.139. The highest BCUT2D eigenvalue weighted by Gasteiger charge is 2.31. The number of Topliss-reactive ketones (excluding diaryl/α,β-unsaturated/α-hetero) is 1. The fraction of sp³-hybridized carbons (Fsp3) is 0.222. The van der Waals surface area contributed by atoms with Crippen LogP contribution in [0.15, 0.2) is 47.7 Å². The number of thiazole rings is 1. The summed E-state index contributed by atoms with van der Waals surface area (Å²) in [6.45, 7) is 1.63. The predicted molar refractivity (Wildman–Crippen MR) is 94.3 cm³/mol. The molecule has 5 nitrogen and oxygen atoms in total. The van der Waals surface area contributed by atoms with Gasteiger partial charge in [0.2, 0.25) is 0 Å². The van der Waals surface area contributed by atoms with Gasteiger partial charge < -0.3 is 0 Å². The summed E-state index contributed by atoms with van der Waals surface area (Å²) in [7, 11) is 0. The van der Waals surface area contributed by atoms with E-state index >= 15 is 0 Å². The second-order valence-electron chi connectivity index (χ2n) is 5.82. The van der Waals surface area contributed by atoms with Crippen molar-refractivity contribution in [3.8, 4) is 5.13 Å². The SMILES string of the molecule is Cc1nc(-n2ccc(C(F)(F)F)cc2=O)sc1C(=O)CCc1cccnc1. The maximum Gasteiger partial charge on any atom is 0.416 e. The number of carbonyl (C=O) groups excluding carboxylic acids is 1. The van der Waals surface area contributed by atoms with Gasteiger partial charge in [0.1, 0.15) is 0 Å². The van der Waals surface area contributed by atoms with Gasteiger partial charge >= 0.3 is 6.18 Å². The molecular weight excluding hydrogens is 379 g/mol. The lowest BCUT2D eigenvalue weighted by Crippen LogP contribution is -2.19. The van der Waals surface area contributed by atoms with Crippen LogP contribution >= 0.6 is 11.3 Å². The zero-order chi connectivity index (χ0) is 19.6. The third-order valence-electron chi connectivity index (χ3n) is 3.86. The molecule has 0 atom stereocenters. The quantitative estimate of drug-likeness (QED) is 0.618. The molecule has 0 N–H and O–H groups in total. The number of aromatic nitrogens is 3. The van der Waals surface area contributed by atoms with Gasteiger partial charge in [0.05, 0.1) is 16.1 Å². The third-order valence-corrected chi connectivity index (χ3v) is 5.05. The van der Waals surface area contributed by atoms with Gasteiger partial charge in [-0.2, -0.15) is 13.2 Å². The van der Waals surface area contributed by atoms with Crippen molar-refractivity contribution in [1.82, 2.24) is 14.5 Å². The molecule has 0 unspecified atom stereocenters. The highest BCUT2D eigenvalue weighted by Crippen LogP contribution is 2.28. The normalized spacial score (nSPS) is 11.6. The van der Waals surface area contributed by atoms with E-state index in [0.717, 1.165) is 33.7 Å². The monoisotopic (exact) mass is 393 g/mol. The molecule has 0 fully saturated rings. The lowest BCUT2D eigenvalue weighted by atomic mass is 10.1. The van der Waals surface area contributed by atoms with Crippen molar-refractivity contribution < 1.29 is 18.0 Å². The number of halogens is 3. The van der Waals surface area contributed by atoms with Gasteiger partial charge in [-0.05, 0) is 31.0 Å². The Hall–Kier alpha value is -2.81. The summed E-state index contributed by atoms with van der Waals surface area (Å²) in [4.78, 5) is 33.1. The topological polar surface area (TPSA) is 64.8 Å². The smallest absolute Gasteiger partial charge is 0.293 e. The number of pyridine rings is 2. The molecule has 0 spiro atoms. The molecule has 0 amide bonds.